The Kier molecular flexibility index (Phi) is 11.7. The van der Waals surface area contributed by atoms with Gasteiger partial charge in [0.25, 0.3) is 11.8 Å². The van der Waals surface area contributed by atoms with Gasteiger partial charge in [-0.05, 0) is 70.4 Å². The second kappa shape index (κ2) is 14.6. The van der Waals surface area contributed by atoms with Crippen LogP contribution in [0.5, 0.6) is 11.5 Å². The predicted octanol–water partition coefficient (Wildman–Crippen LogP) is 6.60. The summed E-state index contributed by atoms with van der Waals surface area (Å²) in [5, 5.41) is -1.37. The Morgan fingerprint density at radius 3 is 1.73 bits per heavy atom. The maximum Gasteiger partial charge on any atom is 0.350 e. The summed E-state index contributed by atoms with van der Waals surface area (Å²) in [6.45, 7) is 9.01. The Morgan fingerprint density at radius 2 is 1.29 bits per heavy atom. The van der Waals surface area contributed by atoms with Gasteiger partial charge >= 0.3 is 15.2 Å². The van der Waals surface area contributed by atoms with Crippen LogP contribution >= 0.6 is 15.2 Å². The first-order valence-electron chi connectivity index (χ1n) is 13.6. The molecule has 0 N–H and O–H groups in total. The number of aryl methyl sites for hydroxylation is 1. The minimum Gasteiger partial charge on any atom is -0.493 e. The lowest BCUT2D eigenvalue weighted by atomic mass is 10.1. The maximum atomic E-state index is 14.1. The molecule has 0 atom stereocenters. The number of carbonyl (C=O) groups excluding carboxylic acids is 2. The SMILES string of the molecule is CCOP(=O)(OCC)C(c1cc(C)c(OCCCN2C(=O)c3ccccc3C2=O)c(OC)c1)P(=O)(OCC)OCC. The van der Waals surface area contributed by atoms with Crippen LogP contribution in [0.3, 0.4) is 0 Å². The standard InChI is InChI=1S/C28H39NO10P2/c1-7-36-40(32,37-8-2)28(41(33,38-9-3)39-10-4)21-18-20(5)25(24(19-21)34-6)35-17-13-16-29-26(30)22-14-11-12-15-23(22)27(29)31/h11-12,14-15,18-19,28H,7-10,13,16-17H2,1-6H3. The van der Waals surface area contributed by atoms with Crippen LogP contribution < -0.4 is 9.47 Å². The van der Waals surface area contributed by atoms with Crippen molar-refractivity contribution < 1.29 is 46.3 Å². The number of fused-ring (bicyclic) bond motifs is 1. The Hall–Kier alpha value is -2.52. The molecule has 0 aliphatic carbocycles. The smallest absolute Gasteiger partial charge is 0.350 e. The van der Waals surface area contributed by atoms with Gasteiger partial charge in [-0.15, -0.1) is 0 Å². The van der Waals surface area contributed by atoms with Gasteiger partial charge in [-0.2, -0.15) is 0 Å². The molecule has 1 aliphatic heterocycles. The minimum atomic E-state index is -4.05. The molecule has 0 spiro atoms. The Labute approximate surface area is 241 Å². The number of amides is 2. The van der Waals surface area contributed by atoms with E-state index in [4.69, 9.17) is 27.6 Å². The molecule has 2 aromatic rings. The third-order valence-electron chi connectivity index (χ3n) is 6.27. The van der Waals surface area contributed by atoms with E-state index in [0.717, 1.165) is 0 Å². The monoisotopic (exact) mass is 611 g/mol. The number of imide groups is 1. The average molecular weight is 612 g/mol. The summed E-state index contributed by atoms with van der Waals surface area (Å²) in [4.78, 5) is 26.5. The first kappa shape index (κ1) is 33.0. The molecule has 2 aromatic carbocycles. The van der Waals surface area contributed by atoms with Crippen LogP contribution in [0.25, 0.3) is 0 Å². The fourth-order valence-corrected chi connectivity index (χ4v) is 10.1. The summed E-state index contributed by atoms with van der Waals surface area (Å²) in [6.07, 6.45) is 0.381. The highest BCUT2D eigenvalue weighted by Gasteiger charge is 2.52. The van der Waals surface area contributed by atoms with Crippen molar-refractivity contribution in [3.8, 4) is 11.5 Å². The van der Waals surface area contributed by atoms with Crippen LogP contribution in [-0.2, 0) is 27.2 Å². The largest absolute Gasteiger partial charge is 0.493 e. The summed E-state index contributed by atoms with van der Waals surface area (Å²) in [5.41, 5.74) is 1.72. The Balaban J connectivity index is 1.87. The highest BCUT2D eigenvalue weighted by Crippen LogP contribution is 2.78. The van der Waals surface area contributed by atoms with Crippen molar-refractivity contribution in [3.05, 3.63) is 58.7 Å². The van der Waals surface area contributed by atoms with E-state index in [2.05, 4.69) is 0 Å². The number of methoxy groups -OCH3 is 1. The van der Waals surface area contributed by atoms with E-state index < -0.39 is 20.6 Å². The molecule has 13 heteroatoms. The third-order valence-corrected chi connectivity index (χ3v) is 12.2. The average Bonchev–Trinajstić information content (AvgIpc) is 3.17. The van der Waals surface area contributed by atoms with Gasteiger partial charge in [0, 0.05) is 6.54 Å². The van der Waals surface area contributed by atoms with Gasteiger partial charge in [0.15, 0.2) is 16.9 Å². The normalized spacial score (nSPS) is 13.7. The Morgan fingerprint density at radius 1 is 0.805 bits per heavy atom. The molecule has 0 saturated carbocycles. The van der Waals surface area contributed by atoms with Crippen LogP contribution in [-0.4, -0.2) is 63.4 Å². The first-order valence-corrected chi connectivity index (χ1v) is 16.9. The highest BCUT2D eigenvalue weighted by atomic mass is 31.2. The van der Waals surface area contributed by atoms with E-state index in [-0.39, 0.29) is 51.4 Å². The van der Waals surface area contributed by atoms with Crippen LogP contribution in [0.4, 0.5) is 0 Å². The zero-order valence-corrected chi connectivity index (χ0v) is 26.2. The van der Waals surface area contributed by atoms with Gasteiger partial charge in [-0.1, -0.05) is 18.2 Å². The van der Waals surface area contributed by atoms with Gasteiger partial charge in [0.2, 0.25) is 0 Å². The molecule has 0 aromatic heterocycles. The molecule has 0 unspecified atom stereocenters. The first-order chi connectivity index (χ1) is 19.6. The number of rotatable bonds is 17. The van der Waals surface area contributed by atoms with Gasteiger partial charge < -0.3 is 27.6 Å². The summed E-state index contributed by atoms with van der Waals surface area (Å²) in [6, 6.07) is 9.96. The van der Waals surface area contributed by atoms with Crippen LogP contribution in [0.2, 0.25) is 0 Å². The summed E-state index contributed by atoms with van der Waals surface area (Å²) >= 11 is 0. The molecule has 0 fully saturated rings. The molecule has 1 heterocycles. The van der Waals surface area contributed by atoms with Crippen LogP contribution in [0, 0.1) is 6.92 Å². The van der Waals surface area contributed by atoms with Crippen molar-refractivity contribution in [2.24, 2.45) is 0 Å². The second-order valence-corrected chi connectivity index (χ2v) is 13.6. The minimum absolute atomic E-state index is 0.0520. The topological polar surface area (TPSA) is 127 Å². The lowest BCUT2D eigenvalue weighted by Gasteiger charge is -2.32. The van der Waals surface area contributed by atoms with Gasteiger partial charge in [0.05, 0.1) is 51.3 Å². The quantitative estimate of drug-likeness (QED) is 0.110. The summed E-state index contributed by atoms with van der Waals surface area (Å²) < 4.78 is 62.2. The van der Waals surface area contributed by atoms with Crippen LogP contribution in [0.1, 0.15) is 71.4 Å². The molecule has 0 radical (unpaired) electrons. The zero-order chi connectivity index (χ0) is 30.2. The van der Waals surface area contributed by atoms with Crippen molar-refractivity contribution in [2.75, 3.05) is 46.7 Å². The second-order valence-electron chi connectivity index (χ2n) is 9.00. The summed E-state index contributed by atoms with van der Waals surface area (Å²) in [5.74, 6) is 0.0547. The maximum absolute atomic E-state index is 14.1. The fourth-order valence-electron chi connectivity index (χ4n) is 4.71. The van der Waals surface area contributed by atoms with Crippen molar-refractivity contribution in [2.45, 2.75) is 46.4 Å². The molecular weight excluding hydrogens is 572 g/mol. The van der Waals surface area contributed by atoms with E-state index in [1.54, 1.807) is 71.0 Å². The predicted molar refractivity (Wildman–Crippen MR) is 154 cm³/mol. The number of hydrogen-bond acceptors (Lipinski definition) is 10. The van der Waals surface area contributed by atoms with Crippen molar-refractivity contribution >= 4 is 27.0 Å². The number of hydrogen-bond donors (Lipinski definition) is 0. The van der Waals surface area contributed by atoms with Gasteiger partial charge in [-0.3, -0.25) is 23.6 Å². The van der Waals surface area contributed by atoms with E-state index in [1.165, 1.54) is 12.0 Å². The molecule has 0 bridgehead atoms. The number of carbonyl (C=O) groups is 2. The molecule has 2 amide bonds. The number of ether oxygens (including phenoxy) is 2. The van der Waals surface area contributed by atoms with E-state index in [0.29, 0.717) is 40.2 Å². The van der Waals surface area contributed by atoms with E-state index in [9.17, 15) is 18.7 Å². The molecule has 41 heavy (non-hydrogen) atoms. The Bertz CT molecular complexity index is 1250. The number of nitrogens with zero attached hydrogens (tertiary/aromatic N) is 1. The van der Waals surface area contributed by atoms with Crippen LogP contribution in [0.15, 0.2) is 36.4 Å². The van der Waals surface area contributed by atoms with Crippen molar-refractivity contribution in [3.63, 3.8) is 0 Å². The molecule has 0 saturated heterocycles. The molecule has 1 aliphatic rings. The fraction of sp³-hybridized carbons (Fsp3) is 0.500. The lowest BCUT2D eigenvalue weighted by molar-refractivity contribution is 0.0646. The van der Waals surface area contributed by atoms with Gasteiger partial charge in [-0.25, -0.2) is 0 Å². The third kappa shape index (κ3) is 7.11. The molecule has 3 rings (SSSR count). The number of benzene rings is 2. The molecular formula is C28H39NO10P2. The zero-order valence-electron chi connectivity index (χ0n) is 24.4. The summed E-state index contributed by atoms with van der Waals surface area (Å²) in [7, 11) is -6.65. The van der Waals surface area contributed by atoms with E-state index >= 15 is 0 Å². The molecule has 11 nitrogen and oxygen atoms in total. The molecule has 226 valence electrons. The lowest BCUT2D eigenvalue weighted by Crippen LogP contribution is -2.31. The van der Waals surface area contributed by atoms with Crippen molar-refractivity contribution in [1.82, 2.24) is 4.90 Å². The van der Waals surface area contributed by atoms with Crippen molar-refractivity contribution in [1.29, 1.82) is 0 Å². The van der Waals surface area contributed by atoms with E-state index in [1.807, 2.05) is 0 Å². The van der Waals surface area contributed by atoms with Gasteiger partial charge in [0.1, 0.15) is 0 Å². The highest BCUT2D eigenvalue weighted by molar-refractivity contribution is 7.72.